The largest absolute Gasteiger partial charge is 0.306 e. The van der Waals surface area contributed by atoms with Gasteiger partial charge in [-0.1, -0.05) is 79.4 Å². The van der Waals surface area contributed by atoms with Crippen LogP contribution in [0.4, 0.5) is 0 Å². The smallest absolute Gasteiger partial charge is 0.0599 e. The van der Waals surface area contributed by atoms with E-state index in [-0.39, 0.29) is 0 Å². The van der Waals surface area contributed by atoms with Gasteiger partial charge in [-0.15, -0.1) is 6.42 Å². The molecular formula is C26H36N2. The highest BCUT2D eigenvalue weighted by molar-refractivity contribution is 5.16. The van der Waals surface area contributed by atoms with Gasteiger partial charge in [-0.2, -0.15) is 0 Å². The molecule has 28 heavy (non-hydrogen) atoms. The zero-order valence-corrected chi connectivity index (χ0v) is 17.8. The van der Waals surface area contributed by atoms with Crippen molar-refractivity contribution in [1.29, 1.82) is 0 Å². The second kappa shape index (κ2) is 12.4. The molecule has 0 aromatic heterocycles. The summed E-state index contributed by atoms with van der Waals surface area (Å²) in [6, 6.07) is 22.0. The Kier molecular flexibility index (Phi) is 9.83. The van der Waals surface area contributed by atoms with Crippen molar-refractivity contribution in [2.45, 2.75) is 44.7 Å². The molecule has 0 radical (unpaired) electrons. The minimum atomic E-state index is 0.703. The molecule has 0 heterocycles. The highest BCUT2D eigenvalue weighted by Crippen LogP contribution is 2.29. The minimum absolute atomic E-state index is 0.703. The number of hydrogen-bond acceptors (Lipinski definition) is 2. The van der Waals surface area contributed by atoms with E-state index in [1.54, 1.807) is 0 Å². The van der Waals surface area contributed by atoms with Gasteiger partial charge < -0.3 is 4.90 Å². The lowest BCUT2D eigenvalue weighted by Crippen LogP contribution is -2.38. The van der Waals surface area contributed by atoms with Crippen molar-refractivity contribution in [2.24, 2.45) is 5.92 Å². The van der Waals surface area contributed by atoms with E-state index in [4.69, 9.17) is 6.42 Å². The fourth-order valence-electron chi connectivity index (χ4n) is 4.13. The molecule has 2 aromatic rings. The standard InChI is InChI=1S/C15H23N.C11H13N/c1-16(2)15-11-7-6-10-14(15)12-13-8-4-3-5-9-13;1-3-9-12(2)10-11-7-5-4-6-8-11/h3-5,8-9,14-15H,6-7,10-12H2,1-2H3;1,4-8H,9-10H2,2H3. The number of rotatable bonds is 6. The van der Waals surface area contributed by atoms with E-state index in [0.717, 1.165) is 18.5 Å². The van der Waals surface area contributed by atoms with Crippen LogP contribution in [0.25, 0.3) is 0 Å². The zero-order valence-electron chi connectivity index (χ0n) is 17.8. The van der Waals surface area contributed by atoms with Crippen molar-refractivity contribution >= 4 is 0 Å². The number of hydrogen-bond donors (Lipinski definition) is 0. The Bertz CT molecular complexity index is 687. The fraction of sp³-hybridized carbons (Fsp3) is 0.462. The van der Waals surface area contributed by atoms with Crippen molar-refractivity contribution in [3.05, 3.63) is 71.8 Å². The average molecular weight is 377 g/mol. The molecule has 1 aliphatic carbocycles. The molecule has 1 aliphatic rings. The van der Waals surface area contributed by atoms with Crippen LogP contribution in [-0.2, 0) is 13.0 Å². The predicted molar refractivity (Wildman–Crippen MR) is 121 cm³/mol. The lowest BCUT2D eigenvalue weighted by molar-refractivity contribution is 0.155. The molecule has 2 aromatic carbocycles. The summed E-state index contributed by atoms with van der Waals surface area (Å²) in [6.07, 6.45) is 12.1. The average Bonchev–Trinajstić information content (AvgIpc) is 2.70. The van der Waals surface area contributed by atoms with Crippen LogP contribution in [-0.4, -0.2) is 43.5 Å². The van der Waals surface area contributed by atoms with E-state index < -0.39 is 0 Å². The summed E-state index contributed by atoms with van der Waals surface area (Å²) in [5, 5.41) is 0. The van der Waals surface area contributed by atoms with E-state index in [9.17, 15) is 0 Å². The molecule has 0 amide bonds. The second-order valence-corrected chi connectivity index (χ2v) is 8.13. The van der Waals surface area contributed by atoms with E-state index in [1.165, 1.54) is 43.2 Å². The molecule has 0 aliphatic heterocycles. The molecule has 1 saturated carbocycles. The zero-order chi connectivity index (χ0) is 20.2. The molecule has 0 bridgehead atoms. The normalized spacial score (nSPS) is 19.0. The van der Waals surface area contributed by atoms with E-state index >= 15 is 0 Å². The van der Waals surface area contributed by atoms with Crippen LogP contribution in [0.2, 0.25) is 0 Å². The van der Waals surface area contributed by atoms with Crippen molar-refractivity contribution in [1.82, 2.24) is 9.80 Å². The molecule has 2 unspecified atom stereocenters. The van der Waals surface area contributed by atoms with Crippen molar-refractivity contribution < 1.29 is 0 Å². The lowest BCUT2D eigenvalue weighted by Gasteiger charge is -2.36. The first kappa shape index (κ1) is 22.2. The summed E-state index contributed by atoms with van der Waals surface area (Å²) in [5.74, 6) is 3.47. The molecule has 2 nitrogen and oxygen atoms in total. The Morgan fingerprint density at radius 3 is 2.00 bits per heavy atom. The summed E-state index contributed by atoms with van der Waals surface area (Å²) in [4.78, 5) is 4.53. The maximum absolute atomic E-state index is 5.19. The van der Waals surface area contributed by atoms with Crippen molar-refractivity contribution in [3.8, 4) is 12.3 Å². The molecule has 2 atom stereocenters. The van der Waals surface area contributed by atoms with Crippen LogP contribution in [0.15, 0.2) is 60.7 Å². The first-order valence-corrected chi connectivity index (χ1v) is 10.5. The lowest BCUT2D eigenvalue weighted by atomic mass is 9.80. The van der Waals surface area contributed by atoms with Crippen LogP contribution in [0.3, 0.4) is 0 Å². The van der Waals surface area contributed by atoms with Gasteiger partial charge in [0, 0.05) is 12.6 Å². The van der Waals surface area contributed by atoms with Gasteiger partial charge in [0.2, 0.25) is 0 Å². The molecule has 150 valence electrons. The summed E-state index contributed by atoms with van der Waals surface area (Å²) >= 11 is 0. The van der Waals surface area contributed by atoms with Crippen molar-refractivity contribution in [2.75, 3.05) is 27.7 Å². The maximum atomic E-state index is 5.19. The molecule has 0 N–H and O–H groups in total. The third-order valence-corrected chi connectivity index (χ3v) is 5.53. The third-order valence-electron chi connectivity index (χ3n) is 5.53. The molecule has 0 saturated heterocycles. The fourth-order valence-corrected chi connectivity index (χ4v) is 4.13. The first-order chi connectivity index (χ1) is 13.6. The van der Waals surface area contributed by atoms with Gasteiger partial charge in [0.25, 0.3) is 0 Å². The van der Waals surface area contributed by atoms with E-state index in [1.807, 2.05) is 25.2 Å². The topological polar surface area (TPSA) is 6.48 Å². The van der Waals surface area contributed by atoms with Gasteiger partial charge >= 0.3 is 0 Å². The van der Waals surface area contributed by atoms with Gasteiger partial charge in [-0.3, -0.25) is 4.90 Å². The number of benzene rings is 2. The maximum Gasteiger partial charge on any atom is 0.0599 e. The van der Waals surface area contributed by atoms with Gasteiger partial charge in [-0.05, 0) is 57.5 Å². The van der Waals surface area contributed by atoms with Gasteiger partial charge in [0.05, 0.1) is 6.54 Å². The highest BCUT2D eigenvalue weighted by Gasteiger charge is 2.26. The molecule has 0 spiro atoms. The van der Waals surface area contributed by atoms with Gasteiger partial charge in [-0.25, -0.2) is 0 Å². The van der Waals surface area contributed by atoms with Crippen LogP contribution in [0.5, 0.6) is 0 Å². The molecule has 1 fully saturated rings. The highest BCUT2D eigenvalue weighted by atomic mass is 15.1. The molecule has 2 heteroatoms. The summed E-state index contributed by atoms with van der Waals surface area (Å²) in [7, 11) is 6.48. The summed E-state index contributed by atoms with van der Waals surface area (Å²) < 4.78 is 0. The number of terminal acetylenes is 1. The van der Waals surface area contributed by atoms with Gasteiger partial charge in [0.15, 0.2) is 0 Å². The first-order valence-electron chi connectivity index (χ1n) is 10.5. The van der Waals surface area contributed by atoms with Crippen molar-refractivity contribution in [3.63, 3.8) is 0 Å². The summed E-state index contributed by atoms with van der Waals surface area (Å²) in [6.45, 7) is 1.62. The van der Waals surface area contributed by atoms with Crippen LogP contribution < -0.4 is 0 Å². The SMILES string of the molecule is C#CCN(C)Cc1ccccc1.CN(C)C1CCCCC1Cc1ccccc1. The Morgan fingerprint density at radius 2 is 1.43 bits per heavy atom. The summed E-state index contributed by atoms with van der Waals surface area (Å²) in [5.41, 5.74) is 2.80. The molecular weight excluding hydrogens is 340 g/mol. The van der Waals surface area contributed by atoms with Gasteiger partial charge in [0.1, 0.15) is 0 Å². The minimum Gasteiger partial charge on any atom is -0.306 e. The predicted octanol–water partition coefficient (Wildman–Crippen LogP) is 5.10. The Hall–Kier alpha value is -2.08. The van der Waals surface area contributed by atoms with E-state index in [0.29, 0.717) is 6.54 Å². The van der Waals surface area contributed by atoms with Crippen LogP contribution in [0.1, 0.15) is 36.8 Å². The second-order valence-electron chi connectivity index (χ2n) is 8.13. The Balaban J connectivity index is 0.000000209. The number of nitrogens with zero attached hydrogens (tertiary/aromatic N) is 2. The molecule has 3 rings (SSSR count). The Labute approximate surface area is 172 Å². The third kappa shape index (κ3) is 7.89. The van der Waals surface area contributed by atoms with Crippen LogP contribution >= 0.6 is 0 Å². The quantitative estimate of drug-likeness (QED) is 0.647. The monoisotopic (exact) mass is 376 g/mol. The Morgan fingerprint density at radius 1 is 0.857 bits per heavy atom. The van der Waals surface area contributed by atoms with Crippen LogP contribution in [0, 0.1) is 18.3 Å². The van der Waals surface area contributed by atoms with E-state index in [2.05, 4.69) is 72.3 Å².